The van der Waals surface area contributed by atoms with Crippen LogP contribution in [0.3, 0.4) is 0 Å². The van der Waals surface area contributed by atoms with Crippen molar-refractivity contribution in [2.24, 2.45) is 17.8 Å². The molecule has 0 saturated carbocycles. The van der Waals surface area contributed by atoms with E-state index in [0.29, 0.717) is 19.4 Å². The lowest BCUT2D eigenvalue weighted by Gasteiger charge is -2.40. The van der Waals surface area contributed by atoms with Crippen LogP contribution in [-0.2, 0) is 14.4 Å². The summed E-state index contributed by atoms with van der Waals surface area (Å²) in [5.74, 6) is -1.32. The Balaban J connectivity index is 1.79. The minimum absolute atomic E-state index is 0.0185. The minimum Gasteiger partial charge on any atom is -0.394 e. The molecule has 8 nitrogen and oxygen atoms in total. The largest absolute Gasteiger partial charge is 0.394 e. The number of carbonyl (C=O) groups excluding carboxylic acids is 3. The van der Waals surface area contributed by atoms with Gasteiger partial charge in [-0.1, -0.05) is 26.0 Å². The molecule has 0 aromatic heterocycles. The summed E-state index contributed by atoms with van der Waals surface area (Å²) in [5, 5.41) is 10.6. The highest BCUT2D eigenvalue weighted by molar-refractivity contribution is 8.02. The second-order valence-electron chi connectivity index (χ2n) is 12.2. The van der Waals surface area contributed by atoms with Crippen LogP contribution in [0.4, 0.5) is 11.4 Å². The Hall–Kier alpha value is -2.78. The van der Waals surface area contributed by atoms with E-state index in [1.165, 1.54) is 0 Å². The quantitative estimate of drug-likeness (QED) is 0.324. The Morgan fingerprint density at radius 1 is 1.10 bits per heavy atom. The van der Waals surface area contributed by atoms with Gasteiger partial charge in [0.15, 0.2) is 0 Å². The Kier molecular flexibility index (Phi) is 10.1. The predicted octanol–water partition coefficient (Wildman–Crippen LogP) is 4.19. The van der Waals surface area contributed by atoms with Crippen LogP contribution in [0, 0.1) is 17.8 Å². The summed E-state index contributed by atoms with van der Waals surface area (Å²) < 4.78 is -0.723. The first-order valence-electron chi connectivity index (χ1n) is 15.3. The second-order valence-corrected chi connectivity index (χ2v) is 13.8. The number of rotatable bonds is 14. The Morgan fingerprint density at radius 3 is 2.26 bits per heavy atom. The number of amides is 3. The molecule has 3 saturated heterocycles. The maximum atomic E-state index is 14.8. The van der Waals surface area contributed by atoms with E-state index in [1.807, 2.05) is 24.3 Å². The minimum atomic E-state index is -0.786. The van der Waals surface area contributed by atoms with Gasteiger partial charge in [-0.3, -0.25) is 14.4 Å². The number of benzene rings is 1. The number of thioether (sulfide) groups is 1. The molecule has 2 unspecified atom stereocenters. The molecule has 42 heavy (non-hydrogen) atoms. The molecule has 0 radical (unpaired) electrons. The number of likely N-dealkylation sites (N-methyl/N-ethyl adjacent to an activating group) is 1. The highest BCUT2D eigenvalue weighted by Crippen LogP contribution is 2.67. The molecule has 2 bridgehead atoms. The van der Waals surface area contributed by atoms with Crippen molar-refractivity contribution in [3.63, 3.8) is 0 Å². The molecule has 9 heteroatoms. The smallest absolute Gasteiger partial charge is 0.251 e. The van der Waals surface area contributed by atoms with Crippen molar-refractivity contribution >= 4 is 40.9 Å². The number of hydrogen-bond donors (Lipinski definition) is 1. The van der Waals surface area contributed by atoms with Crippen LogP contribution >= 0.6 is 11.8 Å². The van der Waals surface area contributed by atoms with Crippen molar-refractivity contribution in [3.8, 4) is 0 Å². The molecule has 3 amide bonds. The summed E-state index contributed by atoms with van der Waals surface area (Å²) in [7, 11) is 1.75. The summed E-state index contributed by atoms with van der Waals surface area (Å²) in [6.07, 6.45) is 5.42. The lowest BCUT2D eigenvalue weighted by atomic mass is 9.70. The van der Waals surface area contributed by atoms with Gasteiger partial charge in [-0.2, -0.15) is 0 Å². The van der Waals surface area contributed by atoms with Crippen LogP contribution in [0.5, 0.6) is 0 Å². The Labute approximate surface area is 255 Å². The monoisotopic (exact) mass is 596 g/mol. The Bertz CT molecular complexity index is 1170. The molecule has 3 fully saturated rings. The molecule has 3 aliphatic heterocycles. The van der Waals surface area contributed by atoms with Crippen molar-refractivity contribution in [1.82, 2.24) is 9.80 Å². The van der Waals surface area contributed by atoms with Gasteiger partial charge in [0.1, 0.15) is 6.04 Å². The van der Waals surface area contributed by atoms with Gasteiger partial charge < -0.3 is 24.7 Å². The van der Waals surface area contributed by atoms with Crippen molar-refractivity contribution in [3.05, 3.63) is 49.6 Å². The summed E-state index contributed by atoms with van der Waals surface area (Å²) >= 11 is 1.66. The van der Waals surface area contributed by atoms with Crippen LogP contribution in [0.25, 0.3) is 0 Å². The average molecular weight is 597 g/mol. The van der Waals surface area contributed by atoms with E-state index in [0.717, 1.165) is 30.9 Å². The molecule has 4 rings (SSSR count). The van der Waals surface area contributed by atoms with E-state index < -0.39 is 28.7 Å². The first-order chi connectivity index (χ1) is 20.1. The zero-order valence-corrected chi connectivity index (χ0v) is 26.7. The highest BCUT2D eigenvalue weighted by Gasteiger charge is 2.74. The molecule has 1 aromatic carbocycles. The summed E-state index contributed by atoms with van der Waals surface area (Å²) in [6.45, 7) is 18.3. The lowest BCUT2D eigenvalue weighted by molar-refractivity contribution is -0.145. The lowest BCUT2D eigenvalue weighted by Crippen LogP contribution is -2.58. The zero-order valence-electron chi connectivity index (χ0n) is 25.9. The van der Waals surface area contributed by atoms with Gasteiger partial charge in [0.05, 0.1) is 29.2 Å². The fourth-order valence-corrected chi connectivity index (χ4v) is 9.63. The van der Waals surface area contributed by atoms with Crippen molar-refractivity contribution in [2.75, 3.05) is 49.6 Å². The molecule has 3 heterocycles. The number of aliphatic hydroxyl groups excluding tert-OH is 1. The van der Waals surface area contributed by atoms with Gasteiger partial charge in [0.2, 0.25) is 11.8 Å². The average Bonchev–Trinajstić information content (AvgIpc) is 3.62. The van der Waals surface area contributed by atoms with Crippen molar-refractivity contribution in [2.45, 2.75) is 69.0 Å². The van der Waals surface area contributed by atoms with Gasteiger partial charge in [-0.15, -0.1) is 24.9 Å². The fraction of sp³-hybridized carbons (Fsp3) is 0.606. The molecular formula is C33H48N4O4S. The molecule has 0 aliphatic carbocycles. The zero-order chi connectivity index (χ0) is 30.8. The number of carbonyl (C=O) groups is 3. The number of nitrogens with zero attached hydrogens (tertiary/aromatic N) is 4. The molecule has 1 aromatic rings. The third-order valence-corrected chi connectivity index (χ3v) is 11.2. The summed E-state index contributed by atoms with van der Waals surface area (Å²) in [5.41, 5.74) is 1.82. The molecule has 3 aliphatic rings. The van der Waals surface area contributed by atoms with Crippen molar-refractivity contribution in [1.29, 1.82) is 0 Å². The Morgan fingerprint density at radius 2 is 1.71 bits per heavy atom. The normalized spacial score (nSPS) is 26.7. The number of hydrogen-bond acceptors (Lipinski definition) is 6. The highest BCUT2D eigenvalue weighted by atomic mass is 32.2. The van der Waals surface area contributed by atoms with Crippen LogP contribution in [-0.4, -0.2) is 94.5 Å². The van der Waals surface area contributed by atoms with E-state index >= 15 is 0 Å². The number of aliphatic hydroxyl groups is 1. The molecule has 1 spiro atoms. The summed E-state index contributed by atoms with van der Waals surface area (Å²) in [4.78, 5) is 50.3. The van der Waals surface area contributed by atoms with E-state index in [2.05, 4.69) is 45.8 Å². The first-order valence-corrected chi connectivity index (χ1v) is 16.2. The van der Waals surface area contributed by atoms with Gasteiger partial charge in [0.25, 0.3) is 5.91 Å². The van der Waals surface area contributed by atoms with Crippen LogP contribution in [0.2, 0.25) is 0 Å². The third-order valence-electron chi connectivity index (χ3n) is 9.25. The van der Waals surface area contributed by atoms with E-state index in [-0.39, 0.29) is 42.0 Å². The third kappa shape index (κ3) is 5.50. The van der Waals surface area contributed by atoms with Crippen LogP contribution < -0.4 is 9.80 Å². The van der Waals surface area contributed by atoms with Gasteiger partial charge in [-0.25, -0.2) is 0 Å². The molecule has 6 atom stereocenters. The first kappa shape index (κ1) is 32.1. The second kappa shape index (κ2) is 13.2. The van der Waals surface area contributed by atoms with E-state index in [4.69, 9.17) is 0 Å². The molecule has 230 valence electrons. The van der Waals surface area contributed by atoms with Crippen molar-refractivity contribution < 1.29 is 19.5 Å². The number of anilines is 2. The van der Waals surface area contributed by atoms with Gasteiger partial charge in [0, 0.05) is 49.9 Å². The van der Waals surface area contributed by atoms with Crippen LogP contribution in [0.15, 0.2) is 49.6 Å². The van der Waals surface area contributed by atoms with E-state index in [9.17, 15) is 19.5 Å². The molecule has 1 N–H and O–H groups in total. The maximum absolute atomic E-state index is 14.8. The SMILES string of the molecule is C=CCN(C)C(=O)[C@@H]1[C@@H]2CCC3(S2)C(C(=O)N(CC=C)c2ccc(N(CC)CC)cc2)N([C@@H](CO)CC(C)C)C(=O)[C@H]13. The standard InChI is InChI=1S/C33H48N4O4S/c1-8-18-34(7)30(39)27-26-16-17-33(42-26)28(27)31(40)37(25(21-38)20-22(5)6)29(33)32(41)36(19-9-2)24-14-12-23(13-15-24)35(10-3)11-4/h8-9,12-15,22,25-29,38H,1-2,10-11,16-21H2,3-7H3/t25-,26+,27-,28+,29?,33?/m1/s1. The van der Waals surface area contributed by atoms with Gasteiger partial charge >= 0.3 is 0 Å². The topological polar surface area (TPSA) is 84.4 Å². The number of fused-ring (bicyclic) bond motifs is 1. The number of likely N-dealkylation sites (tertiary alicyclic amines) is 1. The predicted molar refractivity (Wildman–Crippen MR) is 172 cm³/mol. The molecular weight excluding hydrogens is 548 g/mol. The van der Waals surface area contributed by atoms with E-state index in [1.54, 1.807) is 45.7 Å². The fourth-order valence-electron chi connectivity index (χ4n) is 7.44. The maximum Gasteiger partial charge on any atom is 0.251 e. The van der Waals surface area contributed by atoms with Crippen LogP contribution in [0.1, 0.15) is 47.0 Å². The summed E-state index contributed by atoms with van der Waals surface area (Å²) in [6, 6.07) is 6.67. The van der Waals surface area contributed by atoms with Gasteiger partial charge in [-0.05, 0) is 63.3 Å².